The summed E-state index contributed by atoms with van der Waals surface area (Å²) in [5, 5.41) is 11.1. The molecule has 1 amide bonds. The number of carboxylic acid groups (broad SMARTS) is 1. The van der Waals surface area contributed by atoms with Gasteiger partial charge >= 0.3 is 5.97 Å². The molecule has 2 unspecified atom stereocenters. The largest absolute Gasteiger partial charge is 0.481 e. The van der Waals surface area contributed by atoms with Crippen LogP contribution in [0.25, 0.3) is 0 Å². The van der Waals surface area contributed by atoms with Gasteiger partial charge in [-0.05, 0) is 26.0 Å². The number of aromatic nitrogens is 1. The lowest BCUT2D eigenvalue weighted by Gasteiger charge is -2.36. The van der Waals surface area contributed by atoms with E-state index in [0.717, 1.165) is 18.8 Å². The van der Waals surface area contributed by atoms with Crippen molar-refractivity contribution in [3.8, 4) is 0 Å². The molecular weight excluding hydrogens is 286 g/mol. The number of aliphatic carboxylic acids is 1. The van der Waals surface area contributed by atoms with Gasteiger partial charge < -0.3 is 20.1 Å². The SMILES string of the molecule is CC1CN(c2ccnc(C(=O)NCCC(=O)O)c2)CC(C)O1. The Morgan fingerprint density at radius 1 is 1.41 bits per heavy atom. The molecule has 120 valence electrons. The molecule has 0 aliphatic carbocycles. The Bertz CT molecular complexity index is 539. The number of morpholine rings is 1. The van der Waals surface area contributed by atoms with Crippen LogP contribution in [0.2, 0.25) is 0 Å². The van der Waals surface area contributed by atoms with Crippen molar-refractivity contribution in [2.75, 3.05) is 24.5 Å². The molecule has 2 N–H and O–H groups in total. The number of hydrogen-bond acceptors (Lipinski definition) is 5. The number of nitrogens with one attached hydrogen (secondary N) is 1. The molecule has 0 bridgehead atoms. The van der Waals surface area contributed by atoms with E-state index in [2.05, 4.69) is 15.2 Å². The van der Waals surface area contributed by atoms with Crippen LogP contribution in [0.5, 0.6) is 0 Å². The van der Waals surface area contributed by atoms with Crippen molar-refractivity contribution in [2.45, 2.75) is 32.5 Å². The van der Waals surface area contributed by atoms with Gasteiger partial charge in [0.15, 0.2) is 0 Å². The molecule has 0 saturated carbocycles. The van der Waals surface area contributed by atoms with Crippen LogP contribution in [0.4, 0.5) is 5.69 Å². The van der Waals surface area contributed by atoms with Gasteiger partial charge in [0.2, 0.25) is 0 Å². The number of anilines is 1. The molecular formula is C15H21N3O4. The monoisotopic (exact) mass is 307 g/mol. The third-order valence-electron chi connectivity index (χ3n) is 3.39. The normalized spacial score (nSPS) is 21.5. The van der Waals surface area contributed by atoms with Gasteiger partial charge in [-0.1, -0.05) is 0 Å². The van der Waals surface area contributed by atoms with Crippen molar-refractivity contribution in [2.24, 2.45) is 0 Å². The van der Waals surface area contributed by atoms with Gasteiger partial charge in [0.05, 0.1) is 18.6 Å². The van der Waals surface area contributed by atoms with Gasteiger partial charge in [0.1, 0.15) is 5.69 Å². The molecule has 1 saturated heterocycles. The second-order valence-corrected chi connectivity index (χ2v) is 5.46. The molecule has 7 heteroatoms. The molecule has 0 aromatic carbocycles. The zero-order chi connectivity index (χ0) is 16.1. The zero-order valence-corrected chi connectivity index (χ0v) is 12.8. The van der Waals surface area contributed by atoms with Gasteiger partial charge in [0, 0.05) is 31.5 Å². The maximum Gasteiger partial charge on any atom is 0.305 e. The summed E-state index contributed by atoms with van der Waals surface area (Å²) in [5.41, 5.74) is 1.20. The number of ether oxygens (including phenoxy) is 1. The van der Waals surface area contributed by atoms with Crippen LogP contribution < -0.4 is 10.2 Å². The molecule has 22 heavy (non-hydrogen) atoms. The average molecular weight is 307 g/mol. The fourth-order valence-corrected chi connectivity index (χ4v) is 2.50. The molecule has 1 aliphatic rings. The van der Waals surface area contributed by atoms with Gasteiger partial charge in [0.25, 0.3) is 5.91 Å². The number of hydrogen-bond donors (Lipinski definition) is 2. The average Bonchev–Trinajstić information content (AvgIpc) is 2.46. The smallest absolute Gasteiger partial charge is 0.305 e. The fraction of sp³-hybridized carbons (Fsp3) is 0.533. The number of carbonyl (C=O) groups is 2. The quantitative estimate of drug-likeness (QED) is 0.840. The van der Waals surface area contributed by atoms with E-state index in [9.17, 15) is 9.59 Å². The number of carbonyl (C=O) groups excluding carboxylic acids is 1. The Labute approximate surface area is 129 Å². The first-order chi connectivity index (χ1) is 10.5. The minimum Gasteiger partial charge on any atom is -0.481 e. The summed E-state index contributed by atoms with van der Waals surface area (Å²) in [5.74, 6) is -1.31. The van der Waals surface area contributed by atoms with Crippen LogP contribution in [0.1, 0.15) is 30.8 Å². The number of pyridine rings is 1. The lowest BCUT2D eigenvalue weighted by molar-refractivity contribution is -0.136. The van der Waals surface area contributed by atoms with Crippen LogP contribution >= 0.6 is 0 Å². The summed E-state index contributed by atoms with van der Waals surface area (Å²) < 4.78 is 5.70. The van der Waals surface area contributed by atoms with E-state index in [1.54, 1.807) is 12.3 Å². The Morgan fingerprint density at radius 3 is 2.73 bits per heavy atom. The van der Waals surface area contributed by atoms with Crippen molar-refractivity contribution in [3.63, 3.8) is 0 Å². The summed E-state index contributed by atoms with van der Waals surface area (Å²) >= 11 is 0. The molecule has 1 fully saturated rings. The molecule has 2 rings (SSSR count). The first-order valence-corrected chi connectivity index (χ1v) is 7.32. The minimum atomic E-state index is -0.946. The van der Waals surface area contributed by atoms with Crippen LogP contribution in [0.15, 0.2) is 18.3 Å². The number of nitrogens with zero attached hydrogens (tertiary/aromatic N) is 2. The summed E-state index contributed by atoms with van der Waals surface area (Å²) in [6.45, 7) is 5.64. The van der Waals surface area contributed by atoms with Crippen molar-refractivity contribution >= 4 is 17.6 Å². The summed E-state index contributed by atoms with van der Waals surface area (Å²) in [6.07, 6.45) is 1.74. The first-order valence-electron chi connectivity index (χ1n) is 7.32. The molecule has 2 atom stereocenters. The number of rotatable bonds is 5. The van der Waals surface area contributed by atoms with E-state index in [0.29, 0.717) is 0 Å². The molecule has 0 spiro atoms. The highest BCUT2D eigenvalue weighted by Gasteiger charge is 2.23. The fourth-order valence-electron chi connectivity index (χ4n) is 2.50. The van der Waals surface area contributed by atoms with Gasteiger partial charge in [-0.25, -0.2) is 0 Å². The predicted molar refractivity (Wildman–Crippen MR) is 81.0 cm³/mol. The van der Waals surface area contributed by atoms with E-state index in [4.69, 9.17) is 9.84 Å². The van der Waals surface area contributed by atoms with E-state index in [-0.39, 0.29) is 36.8 Å². The first kappa shape index (κ1) is 16.2. The Hall–Kier alpha value is -2.15. The van der Waals surface area contributed by atoms with Gasteiger partial charge in [-0.2, -0.15) is 0 Å². The summed E-state index contributed by atoms with van der Waals surface area (Å²) in [4.78, 5) is 28.6. The summed E-state index contributed by atoms with van der Waals surface area (Å²) in [6, 6.07) is 3.58. The van der Waals surface area contributed by atoms with Crippen LogP contribution in [0, 0.1) is 0 Å². The molecule has 1 aromatic heterocycles. The number of amides is 1. The van der Waals surface area contributed by atoms with E-state index in [1.807, 2.05) is 19.9 Å². The maximum absolute atomic E-state index is 12.0. The third-order valence-corrected chi connectivity index (χ3v) is 3.39. The molecule has 0 radical (unpaired) electrons. The van der Waals surface area contributed by atoms with Crippen LogP contribution in [-0.2, 0) is 9.53 Å². The van der Waals surface area contributed by atoms with E-state index >= 15 is 0 Å². The lowest BCUT2D eigenvalue weighted by Crippen LogP contribution is -2.45. The van der Waals surface area contributed by atoms with Crippen LogP contribution in [-0.4, -0.2) is 53.8 Å². The summed E-state index contributed by atoms with van der Waals surface area (Å²) in [7, 11) is 0. The highest BCUT2D eigenvalue weighted by molar-refractivity contribution is 5.93. The van der Waals surface area contributed by atoms with Crippen molar-refractivity contribution in [3.05, 3.63) is 24.0 Å². The molecule has 2 heterocycles. The van der Waals surface area contributed by atoms with E-state index in [1.165, 1.54) is 0 Å². The minimum absolute atomic E-state index is 0.0890. The topological polar surface area (TPSA) is 91.8 Å². The Balaban J connectivity index is 2.03. The van der Waals surface area contributed by atoms with Crippen molar-refractivity contribution in [1.29, 1.82) is 0 Å². The van der Waals surface area contributed by atoms with Crippen molar-refractivity contribution in [1.82, 2.24) is 10.3 Å². The molecule has 1 aliphatic heterocycles. The third kappa shape index (κ3) is 4.42. The number of carboxylic acids is 1. The highest BCUT2D eigenvalue weighted by atomic mass is 16.5. The molecule has 1 aromatic rings. The van der Waals surface area contributed by atoms with Crippen LogP contribution in [0.3, 0.4) is 0 Å². The highest BCUT2D eigenvalue weighted by Crippen LogP contribution is 2.20. The van der Waals surface area contributed by atoms with Crippen molar-refractivity contribution < 1.29 is 19.4 Å². The van der Waals surface area contributed by atoms with Gasteiger partial charge in [-0.15, -0.1) is 0 Å². The van der Waals surface area contributed by atoms with Gasteiger partial charge in [-0.3, -0.25) is 14.6 Å². The zero-order valence-electron chi connectivity index (χ0n) is 12.8. The van der Waals surface area contributed by atoms with E-state index < -0.39 is 5.97 Å². The second kappa shape index (κ2) is 7.22. The standard InChI is InChI=1S/C15H21N3O4/c1-10-8-18(9-11(2)22-10)12-3-5-16-13(7-12)15(21)17-6-4-14(19)20/h3,5,7,10-11H,4,6,8-9H2,1-2H3,(H,17,21)(H,19,20). The lowest BCUT2D eigenvalue weighted by atomic mass is 10.2. The molecule has 7 nitrogen and oxygen atoms in total. The maximum atomic E-state index is 12.0. The second-order valence-electron chi connectivity index (χ2n) is 5.46. The Morgan fingerprint density at radius 2 is 2.09 bits per heavy atom. The predicted octanol–water partition coefficient (Wildman–Crippen LogP) is 0.900. The Kier molecular flexibility index (Phi) is 5.32.